The van der Waals surface area contributed by atoms with E-state index in [4.69, 9.17) is 0 Å². The average Bonchev–Trinajstić information content (AvgIpc) is 2.31. The fourth-order valence-electron chi connectivity index (χ4n) is 2.32. The molecule has 1 aromatic rings. The van der Waals surface area contributed by atoms with E-state index in [1.807, 2.05) is 30.3 Å². The Morgan fingerprint density at radius 1 is 1.07 bits per heavy atom. The predicted octanol–water partition coefficient (Wildman–Crippen LogP) is 0.789. The molecule has 2 heteroatoms. The van der Waals surface area contributed by atoms with Gasteiger partial charge in [0.1, 0.15) is 12.6 Å². The Bertz CT molecular complexity index is 280. The lowest BCUT2D eigenvalue weighted by molar-refractivity contribution is -0.908. The monoisotopic (exact) mass is 206 g/mol. The standard InChI is InChI=1S/C13H19NO/c15-13(12-7-3-1-4-8-12)11-14-9-5-2-6-10-14/h1,3-4,7-8,13,15H,2,5-6,9-11H2/p+1/t13-/m1/s1. The van der Waals surface area contributed by atoms with Crippen LogP contribution in [0.4, 0.5) is 0 Å². The second kappa shape index (κ2) is 5.29. The van der Waals surface area contributed by atoms with Crippen molar-refractivity contribution in [3.05, 3.63) is 35.9 Å². The molecule has 82 valence electrons. The number of piperidine rings is 1. The van der Waals surface area contributed by atoms with Crippen molar-refractivity contribution in [2.45, 2.75) is 25.4 Å². The molecule has 1 atom stereocenters. The Kier molecular flexibility index (Phi) is 3.75. The van der Waals surface area contributed by atoms with Crippen molar-refractivity contribution >= 4 is 0 Å². The minimum Gasteiger partial charge on any atom is -0.382 e. The summed E-state index contributed by atoms with van der Waals surface area (Å²) < 4.78 is 0. The first-order valence-corrected chi connectivity index (χ1v) is 5.93. The van der Waals surface area contributed by atoms with Gasteiger partial charge in [0, 0.05) is 0 Å². The molecule has 0 bridgehead atoms. The van der Waals surface area contributed by atoms with E-state index >= 15 is 0 Å². The lowest BCUT2D eigenvalue weighted by Gasteiger charge is -2.25. The zero-order chi connectivity index (χ0) is 10.5. The van der Waals surface area contributed by atoms with E-state index in [9.17, 15) is 5.11 Å². The number of benzene rings is 1. The Labute approximate surface area is 91.5 Å². The zero-order valence-electron chi connectivity index (χ0n) is 9.15. The van der Waals surface area contributed by atoms with Crippen LogP contribution in [0, 0.1) is 0 Å². The molecule has 1 saturated heterocycles. The largest absolute Gasteiger partial charge is 0.382 e. The molecule has 0 amide bonds. The van der Waals surface area contributed by atoms with Crippen LogP contribution in [-0.2, 0) is 0 Å². The van der Waals surface area contributed by atoms with Gasteiger partial charge in [0.05, 0.1) is 13.1 Å². The SMILES string of the molecule is O[C@H](C[NH+]1CCCCC1)c1ccccc1. The number of aliphatic hydroxyl groups excluding tert-OH is 1. The molecule has 0 radical (unpaired) electrons. The van der Waals surface area contributed by atoms with Gasteiger partial charge in [-0.05, 0) is 24.8 Å². The smallest absolute Gasteiger partial charge is 0.128 e. The summed E-state index contributed by atoms with van der Waals surface area (Å²) in [5.74, 6) is 0. The lowest BCUT2D eigenvalue weighted by atomic mass is 10.1. The summed E-state index contributed by atoms with van der Waals surface area (Å²) >= 11 is 0. The van der Waals surface area contributed by atoms with Crippen molar-refractivity contribution in [2.75, 3.05) is 19.6 Å². The first kappa shape index (κ1) is 10.7. The average molecular weight is 206 g/mol. The van der Waals surface area contributed by atoms with Crippen molar-refractivity contribution in [3.8, 4) is 0 Å². The third kappa shape index (κ3) is 3.05. The van der Waals surface area contributed by atoms with Gasteiger partial charge >= 0.3 is 0 Å². The van der Waals surface area contributed by atoms with Gasteiger partial charge in [-0.1, -0.05) is 30.3 Å². The van der Waals surface area contributed by atoms with Crippen molar-refractivity contribution in [3.63, 3.8) is 0 Å². The highest BCUT2D eigenvalue weighted by atomic mass is 16.3. The van der Waals surface area contributed by atoms with Crippen molar-refractivity contribution in [2.24, 2.45) is 0 Å². The zero-order valence-corrected chi connectivity index (χ0v) is 9.15. The van der Waals surface area contributed by atoms with Crippen LogP contribution < -0.4 is 4.90 Å². The molecule has 1 aliphatic rings. The summed E-state index contributed by atoms with van der Waals surface area (Å²) in [6.45, 7) is 3.32. The van der Waals surface area contributed by atoms with Gasteiger partial charge in [-0.2, -0.15) is 0 Å². The number of rotatable bonds is 3. The van der Waals surface area contributed by atoms with Crippen LogP contribution in [0.1, 0.15) is 30.9 Å². The molecule has 0 saturated carbocycles. The van der Waals surface area contributed by atoms with E-state index in [1.54, 1.807) is 4.90 Å². The molecule has 2 rings (SSSR count). The quantitative estimate of drug-likeness (QED) is 0.751. The molecule has 1 aromatic carbocycles. The van der Waals surface area contributed by atoms with E-state index in [-0.39, 0.29) is 6.10 Å². The summed E-state index contributed by atoms with van der Waals surface area (Å²) in [6, 6.07) is 9.99. The fraction of sp³-hybridized carbons (Fsp3) is 0.538. The van der Waals surface area contributed by atoms with Gasteiger partial charge in [0.25, 0.3) is 0 Å². The summed E-state index contributed by atoms with van der Waals surface area (Å²) in [5.41, 5.74) is 1.05. The topological polar surface area (TPSA) is 24.7 Å². The Morgan fingerprint density at radius 3 is 2.40 bits per heavy atom. The molecular formula is C13H20NO+. The summed E-state index contributed by atoms with van der Waals surface area (Å²) in [7, 11) is 0. The Morgan fingerprint density at radius 2 is 1.73 bits per heavy atom. The number of quaternary nitrogens is 1. The molecule has 0 aromatic heterocycles. The predicted molar refractivity (Wildman–Crippen MR) is 60.8 cm³/mol. The lowest BCUT2D eigenvalue weighted by Crippen LogP contribution is -3.13. The molecule has 1 fully saturated rings. The number of hydrogen-bond donors (Lipinski definition) is 2. The van der Waals surface area contributed by atoms with E-state index in [2.05, 4.69) is 0 Å². The fourth-order valence-corrected chi connectivity index (χ4v) is 2.32. The van der Waals surface area contributed by atoms with Crippen molar-refractivity contribution < 1.29 is 10.0 Å². The maximum Gasteiger partial charge on any atom is 0.128 e. The summed E-state index contributed by atoms with van der Waals surface area (Å²) in [5, 5.41) is 10.1. The third-order valence-corrected chi connectivity index (χ3v) is 3.23. The second-order valence-corrected chi connectivity index (χ2v) is 4.44. The number of nitrogens with one attached hydrogen (secondary N) is 1. The van der Waals surface area contributed by atoms with Gasteiger partial charge in [-0.15, -0.1) is 0 Å². The van der Waals surface area contributed by atoms with E-state index in [0.717, 1.165) is 12.1 Å². The van der Waals surface area contributed by atoms with E-state index in [0.29, 0.717) is 0 Å². The molecule has 1 heterocycles. The molecule has 0 aliphatic carbocycles. The highest BCUT2D eigenvalue weighted by Crippen LogP contribution is 2.09. The molecule has 0 spiro atoms. The maximum atomic E-state index is 10.1. The molecule has 15 heavy (non-hydrogen) atoms. The molecule has 0 unspecified atom stereocenters. The van der Waals surface area contributed by atoms with Crippen LogP contribution in [0.25, 0.3) is 0 Å². The van der Waals surface area contributed by atoms with Crippen LogP contribution in [0.2, 0.25) is 0 Å². The number of likely N-dealkylation sites (tertiary alicyclic amines) is 1. The van der Waals surface area contributed by atoms with Gasteiger partial charge in [0.2, 0.25) is 0 Å². The van der Waals surface area contributed by atoms with Crippen LogP contribution in [0.5, 0.6) is 0 Å². The van der Waals surface area contributed by atoms with Crippen LogP contribution >= 0.6 is 0 Å². The van der Waals surface area contributed by atoms with Gasteiger partial charge < -0.3 is 10.0 Å². The van der Waals surface area contributed by atoms with Crippen LogP contribution in [-0.4, -0.2) is 24.7 Å². The molecule has 1 aliphatic heterocycles. The van der Waals surface area contributed by atoms with Crippen molar-refractivity contribution in [1.82, 2.24) is 0 Å². The highest BCUT2D eigenvalue weighted by molar-refractivity contribution is 5.17. The summed E-state index contributed by atoms with van der Waals surface area (Å²) in [6.07, 6.45) is 3.71. The Hall–Kier alpha value is -0.860. The number of aliphatic hydroxyl groups is 1. The highest BCUT2D eigenvalue weighted by Gasteiger charge is 2.18. The van der Waals surface area contributed by atoms with Gasteiger partial charge in [-0.25, -0.2) is 0 Å². The van der Waals surface area contributed by atoms with Crippen LogP contribution in [0.3, 0.4) is 0 Å². The normalized spacial score (nSPS) is 20.1. The summed E-state index contributed by atoms with van der Waals surface area (Å²) in [4.78, 5) is 1.55. The second-order valence-electron chi connectivity index (χ2n) is 4.44. The maximum absolute atomic E-state index is 10.1. The minimum absolute atomic E-state index is 0.292. The van der Waals surface area contributed by atoms with E-state index in [1.165, 1.54) is 32.4 Å². The van der Waals surface area contributed by atoms with Crippen LogP contribution in [0.15, 0.2) is 30.3 Å². The minimum atomic E-state index is -0.292. The first-order valence-electron chi connectivity index (χ1n) is 5.93. The first-order chi connectivity index (χ1) is 7.36. The molecular weight excluding hydrogens is 186 g/mol. The Balaban J connectivity index is 1.88. The third-order valence-electron chi connectivity index (χ3n) is 3.23. The van der Waals surface area contributed by atoms with E-state index < -0.39 is 0 Å². The van der Waals surface area contributed by atoms with Crippen molar-refractivity contribution in [1.29, 1.82) is 0 Å². The molecule has 2 N–H and O–H groups in total. The van der Waals surface area contributed by atoms with Gasteiger partial charge in [-0.3, -0.25) is 0 Å². The van der Waals surface area contributed by atoms with Gasteiger partial charge in [0.15, 0.2) is 0 Å². The number of hydrogen-bond acceptors (Lipinski definition) is 1. The molecule has 2 nitrogen and oxygen atoms in total.